The maximum Gasteiger partial charge on any atom is 0.242 e. The van der Waals surface area contributed by atoms with Crippen LogP contribution < -0.4 is 16.4 Å². The molecule has 0 fully saturated rings. The minimum atomic E-state index is -0.761. The Kier molecular flexibility index (Phi) is 6.02. The average molecular weight is 263 g/mol. The van der Waals surface area contributed by atoms with Gasteiger partial charge in [0.1, 0.15) is 12.1 Å². The molecule has 5 heteroatoms. The molecule has 104 valence electrons. The van der Waals surface area contributed by atoms with E-state index >= 15 is 0 Å². The minimum absolute atomic E-state index is 0.199. The molecular formula is C14H21N3O2. The van der Waals surface area contributed by atoms with E-state index in [1.54, 1.807) is 19.1 Å². The maximum atomic E-state index is 11.9. The molecule has 19 heavy (non-hydrogen) atoms. The first-order valence-electron chi connectivity index (χ1n) is 6.44. The van der Waals surface area contributed by atoms with E-state index in [1.807, 2.05) is 25.1 Å². The van der Waals surface area contributed by atoms with Crippen molar-refractivity contribution in [2.45, 2.75) is 32.4 Å². The van der Waals surface area contributed by atoms with Gasteiger partial charge in [-0.3, -0.25) is 9.59 Å². The van der Waals surface area contributed by atoms with Crippen LogP contribution in [0.25, 0.3) is 0 Å². The van der Waals surface area contributed by atoms with Crippen LogP contribution in [0.15, 0.2) is 30.3 Å². The number of carbonyl (C=O) groups is 2. The predicted octanol–water partition coefficient (Wildman–Crippen LogP) is 0.717. The Bertz CT molecular complexity index is 420. The summed E-state index contributed by atoms with van der Waals surface area (Å²) in [5.74, 6) is -0.555. The SMILES string of the molecule is CCCNC(=O)C(C)NC(=O)[C@H](N)c1ccccc1. The molecular weight excluding hydrogens is 242 g/mol. The van der Waals surface area contributed by atoms with Gasteiger partial charge >= 0.3 is 0 Å². The highest BCUT2D eigenvalue weighted by Gasteiger charge is 2.20. The lowest BCUT2D eigenvalue weighted by Crippen LogP contribution is -2.47. The van der Waals surface area contributed by atoms with Gasteiger partial charge in [0.2, 0.25) is 11.8 Å². The summed E-state index contributed by atoms with van der Waals surface area (Å²) in [5.41, 5.74) is 6.57. The molecule has 0 radical (unpaired) electrons. The smallest absolute Gasteiger partial charge is 0.242 e. The standard InChI is InChI=1S/C14H21N3O2/c1-3-9-16-13(18)10(2)17-14(19)12(15)11-7-5-4-6-8-11/h4-8,10,12H,3,9,15H2,1-2H3,(H,16,18)(H,17,19)/t10?,12-/m1/s1. The largest absolute Gasteiger partial charge is 0.354 e. The summed E-state index contributed by atoms with van der Waals surface area (Å²) in [4.78, 5) is 23.5. The number of hydrogen-bond acceptors (Lipinski definition) is 3. The number of hydrogen-bond donors (Lipinski definition) is 3. The van der Waals surface area contributed by atoms with E-state index in [2.05, 4.69) is 10.6 Å². The Morgan fingerprint density at radius 1 is 1.21 bits per heavy atom. The van der Waals surface area contributed by atoms with Gasteiger partial charge in [-0.15, -0.1) is 0 Å². The van der Waals surface area contributed by atoms with Crippen LogP contribution in [-0.2, 0) is 9.59 Å². The van der Waals surface area contributed by atoms with Crippen LogP contribution in [-0.4, -0.2) is 24.4 Å². The van der Waals surface area contributed by atoms with E-state index < -0.39 is 12.1 Å². The fraction of sp³-hybridized carbons (Fsp3) is 0.429. The highest BCUT2D eigenvalue weighted by Crippen LogP contribution is 2.09. The van der Waals surface area contributed by atoms with Crippen molar-refractivity contribution in [1.29, 1.82) is 0 Å². The van der Waals surface area contributed by atoms with Crippen molar-refractivity contribution in [2.24, 2.45) is 5.73 Å². The second-order valence-corrected chi connectivity index (χ2v) is 4.41. The van der Waals surface area contributed by atoms with Crippen molar-refractivity contribution in [3.8, 4) is 0 Å². The van der Waals surface area contributed by atoms with Crippen molar-refractivity contribution < 1.29 is 9.59 Å². The Labute approximate surface area is 113 Å². The van der Waals surface area contributed by atoms with Gasteiger partial charge in [0, 0.05) is 6.54 Å². The van der Waals surface area contributed by atoms with Crippen LogP contribution in [0.1, 0.15) is 31.9 Å². The average Bonchev–Trinajstić information content (AvgIpc) is 2.44. The van der Waals surface area contributed by atoms with Crippen LogP contribution >= 0.6 is 0 Å². The quantitative estimate of drug-likeness (QED) is 0.707. The molecule has 2 amide bonds. The lowest BCUT2D eigenvalue weighted by Gasteiger charge is -2.17. The fourth-order valence-corrected chi connectivity index (χ4v) is 1.58. The monoisotopic (exact) mass is 263 g/mol. The summed E-state index contributed by atoms with van der Waals surface area (Å²) in [6, 6.07) is 7.71. The summed E-state index contributed by atoms with van der Waals surface area (Å²) in [5, 5.41) is 5.33. The van der Waals surface area contributed by atoms with E-state index in [9.17, 15) is 9.59 Å². The van der Waals surface area contributed by atoms with E-state index in [0.29, 0.717) is 6.54 Å². The lowest BCUT2D eigenvalue weighted by molar-refractivity contribution is -0.129. The van der Waals surface area contributed by atoms with Gasteiger partial charge in [-0.1, -0.05) is 37.3 Å². The molecule has 0 saturated carbocycles. The molecule has 0 heterocycles. The van der Waals surface area contributed by atoms with Gasteiger partial charge in [0.25, 0.3) is 0 Å². The maximum absolute atomic E-state index is 11.9. The van der Waals surface area contributed by atoms with Gasteiger partial charge in [0.05, 0.1) is 0 Å². The van der Waals surface area contributed by atoms with Crippen LogP contribution in [0.2, 0.25) is 0 Å². The molecule has 0 aliphatic rings. The number of rotatable bonds is 6. The van der Waals surface area contributed by atoms with Crippen LogP contribution in [0.5, 0.6) is 0 Å². The van der Waals surface area contributed by atoms with Crippen LogP contribution in [0.3, 0.4) is 0 Å². The lowest BCUT2D eigenvalue weighted by atomic mass is 10.1. The Hall–Kier alpha value is -1.88. The zero-order valence-corrected chi connectivity index (χ0v) is 11.3. The van der Waals surface area contributed by atoms with Gasteiger partial charge in [-0.2, -0.15) is 0 Å². The minimum Gasteiger partial charge on any atom is -0.354 e. The van der Waals surface area contributed by atoms with Gasteiger partial charge in [0.15, 0.2) is 0 Å². The molecule has 1 rings (SSSR count). The van der Waals surface area contributed by atoms with E-state index in [0.717, 1.165) is 12.0 Å². The molecule has 0 bridgehead atoms. The summed E-state index contributed by atoms with van der Waals surface area (Å²) in [6.45, 7) is 4.21. The van der Waals surface area contributed by atoms with Crippen molar-refractivity contribution >= 4 is 11.8 Å². The Morgan fingerprint density at radius 3 is 2.42 bits per heavy atom. The van der Waals surface area contributed by atoms with Crippen molar-refractivity contribution in [2.75, 3.05) is 6.54 Å². The molecule has 0 aliphatic heterocycles. The molecule has 0 saturated heterocycles. The van der Waals surface area contributed by atoms with Gasteiger partial charge in [-0.05, 0) is 18.9 Å². The molecule has 0 aliphatic carbocycles. The van der Waals surface area contributed by atoms with E-state index in [1.165, 1.54) is 0 Å². The Balaban J connectivity index is 2.52. The summed E-state index contributed by atoms with van der Waals surface area (Å²) >= 11 is 0. The van der Waals surface area contributed by atoms with E-state index in [4.69, 9.17) is 5.73 Å². The first-order chi connectivity index (χ1) is 9.06. The molecule has 0 spiro atoms. The predicted molar refractivity (Wildman–Crippen MR) is 74.3 cm³/mol. The molecule has 1 unspecified atom stereocenters. The number of amides is 2. The number of benzene rings is 1. The molecule has 4 N–H and O–H groups in total. The molecule has 1 aromatic carbocycles. The van der Waals surface area contributed by atoms with Crippen molar-refractivity contribution in [3.63, 3.8) is 0 Å². The number of nitrogens with two attached hydrogens (primary N) is 1. The first-order valence-corrected chi connectivity index (χ1v) is 6.44. The summed E-state index contributed by atoms with van der Waals surface area (Å²) in [6.07, 6.45) is 0.857. The highest BCUT2D eigenvalue weighted by atomic mass is 16.2. The molecule has 5 nitrogen and oxygen atoms in total. The van der Waals surface area contributed by atoms with Gasteiger partial charge < -0.3 is 16.4 Å². The summed E-state index contributed by atoms with van der Waals surface area (Å²) < 4.78 is 0. The van der Waals surface area contributed by atoms with Crippen LogP contribution in [0, 0.1) is 0 Å². The van der Waals surface area contributed by atoms with E-state index in [-0.39, 0.29) is 11.8 Å². The topological polar surface area (TPSA) is 84.2 Å². The van der Waals surface area contributed by atoms with Gasteiger partial charge in [-0.25, -0.2) is 0 Å². The van der Waals surface area contributed by atoms with Crippen LogP contribution in [0.4, 0.5) is 0 Å². The zero-order chi connectivity index (χ0) is 14.3. The second-order valence-electron chi connectivity index (χ2n) is 4.41. The zero-order valence-electron chi connectivity index (χ0n) is 11.3. The normalized spacial score (nSPS) is 13.4. The molecule has 2 atom stereocenters. The van der Waals surface area contributed by atoms with Crippen molar-refractivity contribution in [3.05, 3.63) is 35.9 Å². The third kappa shape index (κ3) is 4.71. The number of nitrogens with one attached hydrogen (secondary N) is 2. The Morgan fingerprint density at radius 2 is 1.84 bits per heavy atom. The van der Waals surface area contributed by atoms with Crippen molar-refractivity contribution in [1.82, 2.24) is 10.6 Å². The first kappa shape index (κ1) is 15.2. The molecule has 0 aromatic heterocycles. The summed E-state index contributed by atoms with van der Waals surface area (Å²) in [7, 11) is 0. The highest BCUT2D eigenvalue weighted by molar-refractivity contribution is 5.89. The third-order valence-corrected chi connectivity index (χ3v) is 2.74. The fourth-order valence-electron chi connectivity index (χ4n) is 1.58. The number of carbonyl (C=O) groups excluding carboxylic acids is 2. The molecule has 1 aromatic rings. The second kappa shape index (κ2) is 7.53. The third-order valence-electron chi connectivity index (χ3n) is 2.74.